The van der Waals surface area contributed by atoms with Crippen molar-refractivity contribution < 1.29 is 0 Å². The summed E-state index contributed by atoms with van der Waals surface area (Å²) in [5, 5.41) is 0. The highest BCUT2D eigenvalue weighted by Gasteiger charge is 2.09. The maximum absolute atomic E-state index is 5.85. The molecule has 0 amide bonds. The van der Waals surface area contributed by atoms with Crippen molar-refractivity contribution >= 4 is 11.3 Å². The maximum Gasteiger partial charge on any atom is 0.0952 e. The van der Waals surface area contributed by atoms with Crippen LogP contribution in [0.4, 0.5) is 0 Å². The third-order valence-electron chi connectivity index (χ3n) is 2.37. The SMILES string of the molecule is Cc1ncsc1Cn1cncc1C(C)N. The lowest BCUT2D eigenvalue weighted by molar-refractivity contribution is 0.677. The van der Waals surface area contributed by atoms with Gasteiger partial charge in [-0.25, -0.2) is 9.97 Å². The molecule has 0 radical (unpaired) electrons. The number of imidazole rings is 1. The van der Waals surface area contributed by atoms with E-state index in [9.17, 15) is 0 Å². The van der Waals surface area contributed by atoms with Gasteiger partial charge in [-0.05, 0) is 13.8 Å². The Bertz CT molecular complexity index is 444. The second kappa shape index (κ2) is 4.12. The fourth-order valence-corrected chi connectivity index (χ4v) is 2.25. The average molecular weight is 222 g/mol. The topological polar surface area (TPSA) is 56.7 Å². The van der Waals surface area contributed by atoms with Crippen molar-refractivity contribution in [3.63, 3.8) is 0 Å². The van der Waals surface area contributed by atoms with E-state index in [1.165, 1.54) is 4.88 Å². The summed E-state index contributed by atoms with van der Waals surface area (Å²) in [6.07, 6.45) is 3.64. The van der Waals surface area contributed by atoms with Crippen molar-refractivity contribution in [3.05, 3.63) is 34.3 Å². The van der Waals surface area contributed by atoms with Gasteiger partial charge in [0.1, 0.15) is 0 Å². The van der Waals surface area contributed by atoms with Crippen LogP contribution in [0.25, 0.3) is 0 Å². The van der Waals surface area contributed by atoms with E-state index in [0.29, 0.717) is 0 Å². The first-order valence-corrected chi connectivity index (χ1v) is 5.71. The molecule has 5 heteroatoms. The predicted molar refractivity (Wildman–Crippen MR) is 60.8 cm³/mol. The quantitative estimate of drug-likeness (QED) is 0.860. The Hall–Kier alpha value is -1.20. The molecule has 1 atom stereocenters. The minimum absolute atomic E-state index is 0.0146. The maximum atomic E-state index is 5.85. The monoisotopic (exact) mass is 222 g/mol. The van der Waals surface area contributed by atoms with E-state index in [2.05, 4.69) is 14.5 Å². The molecule has 0 aliphatic carbocycles. The van der Waals surface area contributed by atoms with Crippen LogP contribution in [0, 0.1) is 6.92 Å². The normalized spacial score (nSPS) is 13.0. The molecule has 0 spiro atoms. The van der Waals surface area contributed by atoms with Crippen molar-refractivity contribution in [3.8, 4) is 0 Å². The van der Waals surface area contributed by atoms with Crippen LogP contribution in [0.1, 0.15) is 29.2 Å². The van der Waals surface area contributed by atoms with Crippen LogP contribution in [-0.2, 0) is 6.54 Å². The summed E-state index contributed by atoms with van der Waals surface area (Å²) in [5.41, 5.74) is 9.87. The second-order valence-corrected chi connectivity index (χ2v) is 4.54. The van der Waals surface area contributed by atoms with E-state index in [0.717, 1.165) is 17.9 Å². The number of nitrogens with zero attached hydrogens (tertiary/aromatic N) is 3. The lowest BCUT2D eigenvalue weighted by Crippen LogP contribution is -2.12. The standard InChI is InChI=1S/C10H14N4S/c1-7(11)9-3-12-5-14(9)4-10-8(2)13-6-15-10/h3,5-7H,4,11H2,1-2H3. The van der Waals surface area contributed by atoms with Crippen LogP contribution < -0.4 is 5.73 Å². The summed E-state index contributed by atoms with van der Waals surface area (Å²) < 4.78 is 2.07. The molecule has 0 aliphatic rings. The third-order valence-corrected chi connectivity index (χ3v) is 3.29. The Morgan fingerprint density at radius 3 is 3.00 bits per heavy atom. The lowest BCUT2D eigenvalue weighted by atomic mass is 10.2. The third kappa shape index (κ3) is 2.08. The zero-order valence-electron chi connectivity index (χ0n) is 8.84. The molecule has 80 valence electrons. The summed E-state index contributed by atoms with van der Waals surface area (Å²) in [7, 11) is 0. The molecule has 0 saturated carbocycles. The fourth-order valence-electron chi connectivity index (χ4n) is 1.47. The summed E-state index contributed by atoms with van der Waals surface area (Å²) in [6, 6.07) is 0.0146. The molecule has 1 unspecified atom stereocenters. The van der Waals surface area contributed by atoms with Gasteiger partial charge in [0.15, 0.2) is 0 Å². The Balaban J connectivity index is 2.25. The summed E-state index contributed by atoms with van der Waals surface area (Å²) in [4.78, 5) is 9.61. The molecular weight excluding hydrogens is 208 g/mol. The molecule has 0 aliphatic heterocycles. The van der Waals surface area contributed by atoms with Crippen LogP contribution in [-0.4, -0.2) is 14.5 Å². The summed E-state index contributed by atoms with van der Waals surface area (Å²) >= 11 is 1.67. The van der Waals surface area contributed by atoms with E-state index in [1.807, 2.05) is 31.9 Å². The Morgan fingerprint density at radius 1 is 1.60 bits per heavy atom. The van der Waals surface area contributed by atoms with Crippen molar-refractivity contribution in [2.24, 2.45) is 5.73 Å². The van der Waals surface area contributed by atoms with Gasteiger partial charge in [-0.2, -0.15) is 0 Å². The molecular formula is C10H14N4S. The number of aromatic nitrogens is 3. The van der Waals surface area contributed by atoms with Gasteiger partial charge in [0.25, 0.3) is 0 Å². The van der Waals surface area contributed by atoms with Gasteiger partial charge in [0.2, 0.25) is 0 Å². The van der Waals surface area contributed by atoms with Gasteiger partial charge in [-0.1, -0.05) is 0 Å². The molecule has 4 nitrogen and oxygen atoms in total. The number of aryl methyl sites for hydroxylation is 1. The Kier molecular flexibility index (Phi) is 2.83. The van der Waals surface area contributed by atoms with Gasteiger partial charge >= 0.3 is 0 Å². The second-order valence-electron chi connectivity index (χ2n) is 3.60. The summed E-state index contributed by atoms with van der Waals surface area (Å²) in [6.45, 7) is 4.80. The van der Waals surface area contributed by atoms with E-state index >= 15 is 0 Å². The van der Waals surface area contributed by atoms with Gasteiger partial charge in [0.05, 0.1) is 29.8 Å². The number of rotatable bonds is 3. The highest BCUT2D eigenvalue weighted by Crippen LogP contribution is 2.16. The Labute approximate surface area is 92.8 Å². The van der Waals surface area contributed by atoms with Gasteiger partial charge in [-0.3, -0.25) is 0 Å². The molecule has 2 aromatic heterocycles. The number of hydrogen-bond donors (Lipinski definition) is 1. The molecule has 0 fully saturated rings. The molecule has 2 rings (SSSR count). The van der Waals surface area contributed by atoms with Crippen molar-refractivity contribution in [1.82, 2.24) is 14.5 Å². The minimum atomic E-state index is 0.0146. The molecule has 2 aromatic rings. The first kappa shape index (κ1) is 10.3. The van der Waals surface area contributed by atoms with E-state index in [-0.39, 0.29) is 6.04 Å². The first-order valence-electron chi connectivity index (χ1n) is 4.83. The van der Waals surface area contributed by atoms with Gasteiger partial charge < -0.3 is 10.3 Å². The van der Waals surface area contributed by atoms with Gasteiger partial charge in [-0.15, -0.1) is 11.3 Å². The molecule has 15 heavy (non-hydrogen) atoms. The molecule has 0 saturated heterocycles. The van der Waals surface area contributed by atoms with Gasteiger partial charge in [0, 0.05) is 17.1 Å². The molecule has 2 heterocycles. The average Bonchev–Trinajstić information content (AvgIpc) is 2.77. The lowest BCUT2D eigenvalue weighted by Gasteiger charge is -2.09. The Morgan fingerprint density at radius 2 is 2.40 bits per heavy atom. The van der Waals surface area contributed by atoms with E-state index < -0.39 is 0 Å². The molecule has 0 bridgehead atoms. The van der Waals surface area contributed by atoms with Crippen molar-refractivity contribution in [2.45, 2.75) is 26.4 Å². The largest absolute Gasteiger partial charge is 0.328 e. The van der Waals surface area contributed by atoms with Crippen LogP contribution in [0.2, 0.25) is 0 Å². The number of hydrogen-bond acceptors (Lipinski definition) is 4. The predicted octanol–water partition coefficient (Wildman–Crippen LogP) is 1.72. The minimum Gasteiger partial charge on any atom is -0.328 e. The molecule has 2 N–H and O–H groups in total. The number of thiazole rings is 1. The van der Waals surface area contributed by atoms with E-state index in [1.54, 1.807) is 11.3 Å². The highest BCUT2D eigenvalue weighted by atomic mass is 32.1. The molecule has 0 aromatic carbocycles. The van der Waals surface area contributed by atoms with E-state index in [4.69, 9.17) is 5.73 Å². The first-order chi connectivity index (χ1) is 7.18. The summed E-state index contributed by atoms with van der Waals surface area (Å²) in [5.74, 6) is 0. The van der Waals surface area contributed by atoms with Crippen molar-refractivity contribution in [2.75, 3.05) is 0 Å². The zero-order valence-corrected chi connectivity index (χ0v) is 9.66. The number of nitrogens with two attached hydrogens (primary N) is 1. The van der Waals surface area contributed by atoms with Crippen LogP contribution >= 0.6 is 11.3 Å². The highest BCUT2D eigenvalue weighted by molar-refractivity contribution is 7.09. The fraction of sp³-hybridized carbons (Fsp3) is 0.400. The van der Waals surface area contributed by atoms with Crippen LogP contribution in [0.15, 0.2) is 18.0 Å². The van der Waals surface area contributed by atoms with Crippen LogP contribution in [0.5, 0.6) is 0 Å². The van der Waals surface area contributed by atoms with Crippen LogP contribution in [0.3, 0.4) is 0 Å². The zero-order chi connectivity index (χ0) is 10.8. The van der Waals surface area contributed by atoms with Crippen molar-refractivity contribution in [1.29, 1.82) is 0 Å². The smallest absolute Gasteiger partial charge is 0.0952 e.